The first-order chi connectivity index (χ1) is 7.92. The van der Waals surface area contributed by atoms with Crippen LogP contribution in [-0.4, -0.2) is 36.5 Å². The molecule has 0 bridgehead atoms. The zero-order valence-electron chi connectivity index (χ0n) is 9.83. The van der Waals surface area contributed by atoms with Gasteiger partial charge in [-0.05, 0) is 31.9 Å². The highest BCUT2D eigenvalue weighted by Gasteiger charge is 2.33. The highest BCUT2D eigenvalue weighted by Crippen LogP contribution is 2.25. The van der Waals surface area contributed by atoms with E-state index >= 15 is 0 Å². The molecule has 1 saturated heterocycles. The number of piperidine rings is 1. The van der Waals surface area contributed by atoms with Gasteiger partial charge in [0.2, 0.25) is 10.0 Å². The monoisotopic (exact) mass is 255 g/mol. The average molecular weight is 255 g/mol. The fourth-order valence-electron chi connectivity index (χ4n) is 1.95. The summed E-state index contributed by atoms with van der Waals surface area (Å²) < 4.78 is 25.9. The van der Waals surface area contributed by atoms with Crippen LogP contribution in [0, 0.1) is 0 Å². The second-order valence-corrected chi connectivity index (χ2v) is 6.65. The maximum Gasteiger partial charge on any atom is 0.243 e. The second kappa shape index (κ2) is 4.40. The molecule has 0 saturated carbocycles. The molecular formula is C12H17NO3S. The van der Waals surface area contributed by atoms with Crippen LogP contribution in [0.15, 0.2) is 35.2 Å². The van der Waals surface area contributed by atoms with Crippen LogP contribution in [0.3, 0.4) is 0 Å². The standard InChI is InChI=1S/C12H17NO3S/c1-12(14)7-9-13(10-8-12)17(15,16)11-5-3-2-4-6-11/h2-6,14H,7-10H2,1H3. The van der Waals surface area contributed by atoms with Crippen molar-refractivity contribution in [1.29, 1.82) is 0 Å². The first-order valence-electron chi connectivity index (χ1n) is 5.69. The summed E-state index contributed by atoms with van der Waals surface area (Å²) in [5.41, 5.74) is -0.733. The maximum absolute atomic E-state index is 12.2. The van der Waals surface area contributed by atoms with E-state index in [0.717, 1.165) is 0 Å². The quantitative estimate of drug-likeness (QED) is 0.864. The van der Waals surface area contributed by atoms with Crippen LogP contribution in [0.1, 0.15) is 19.8 Å². The molecule has 1 aromatic carbocycles. The van der Waals surface area contributed by atoms with Crippen molar-refractivity contribution >= 4 is 10.0 Å². The topological polar surface area (TPSA) is 57.6 Å². The number of hydrogen-bond donors (Lipinski definition) is 1. The molecule has 0 aliphatic carbocycles. The van der Waals surface area contributed by atoms with Gasteiger partial charge in [0.25, 0.3) is 0 Å². The molecule has 0 unspecified atom stereocenters. The van der Waals surface area contributed by atoms with E-state index in [0.29, 0.717) is 30.8 Å². The van der Waals surface area contributed by atoms with Crippen LogP contribution in [0.25, 0.3) is 0 Å². The summed E-state index contributed by atoms with van der Waals surface area (Å²) in [6.45, 7) is 2.51. The highest BCUT2D eigenvalue weighted by atomic mass is 32.2. The molecule has 1 N–H and O–H groups in total. The SMILES string of the molecule is CC1(O)CCN(S(=O)(=O)c2ccccc2)CC1. The van der Waals surface area contributed by atoms with Gasteiger partial charge in [-0.3, -0.25) is 0 Å². The summed E-state index contributed by atoms with van der Waals surface area (Å²) >= 11 is 0. The first kappa shape index (κ1) is 12.5. The Labute approximate surface area is 102 Å². The fraction of sp³-hybridized carbons (Fsp3) is 0.500. The summed E-state index contributed by atoms with van der Waals surface area (Å²) in [6.07, 6.45) is 0.970. The normalized spacial score (nSPS) is 21.3. The van der Waals surface area contributed by atoms with Gasteiger partial charge >= 0.3 is 0 Å². The van der Waals surface area contributed by atoms with Gasteiger partial charge in [0, 0.05) is 13.1 Å². The zero-order valence-corrected chi connectivity index (χ0v) is 10.7. The minimum atomic E-state index is -3.39. The van der Waals surface area contributed by atoms with E-state index in [1.54, 1.807) is 37.3 Å². The molecule has 5 heteroatoms. The van der Waals surface area contributed by atoms with Crippen molar-refractivity contribution in [3.63, 3.8) is 0 Å². The predicted octanol–water partition coefficient (Wildman–Crippen LogP) is 1.22. The zero-order chi connectivity index (χ0) is 12.5. The lowest BCUT2D eigenvalue weighted by atomic mass is 9.95. The smallest absolute Gasteiger partial charge is 0.243 e. The van der Waals surface area contributed by atoms with Crippen LogP contribution < -0.4 is 0 Å². The van der Waals surface area contributed by atoms with Crippen molar-refractivity contribution in [3.05, 3.63) is 30.3 Å². The molecule has 0 atom stereocenters. The molecule has 94 valence electrons. The van der Waals surface area contributed by atoms with Gasteiger partial charge in [-0.2, -0.15) is 4.31 Å². The van der Waals surface area contributed by atoms with E-state index in [-0.39, 0.29) is 0 Å². The number of aliphatic hydroxyl groups is 1. The van der Waals surface area contributed by atoms with E-state index in [2.05, 4.69) is 0 Å². The largest absolute Gasteiger partial charge is 0.390 e. The Hall–Kier alpha value is -0.910. The Kier molecular flexibility index (Phi) is 3.25. The molecule has 0 spiro atoms. The molecule has 2 rings (SSSR count). The maximum atomic E-state index is 12.2. The number of sulfonamides is 1. The second-order valence-electron chi connectivity index (χ2n) is 4.71. The fourth-order valence-corrected chi connectivity index (χ4v) is 3.41. The minimum Gasteiger partial charge on any atom is -0.390 e. The Balaban J connectivity index is 2.19. The lowest BCUT2D eigenvalue weighted by Crippen LogP contribution is -2.44. The number of hydrogen-bond acceptors (Lipinski definition) is 3. The summed E-state index contributed by atoms with van der Waals surface area (Å²) in [4.78, 5) is 0.321. The van der Waals surface area contributed by atoms with E-state index < -0.39 is 15.6 Å². The Bertz CT molecular complexity index is 472. The third-order valence-corrected chi connectivity index (χ3v) is 5.09. The van der Waals surface area contributed by atoms with Crippen LogP contribution in [0.2, 0.25) is 0 Å². The summed E-state index contributed by atoms with van der Waals surface area (Å²) in [5, 5.41) is 9.81. The van der Waals surface area contributed by atoms with E-state index in [9.17, 15) is 13.5 Å². The van der Waals surface area contributed by atoms with Crippen molar-refractivity contribution in [2.24, 2.45) is 0 Å². The Morgan fingerprint density at radius 2 is 1.71 bits per heavy atom. The van der Waals surface area contributed by atoms with Crippen LogP contribution >= 0.6 is 0 Å². The number of nitrogens with zero attached hydrogens (tertiary/aromatic N) is 1. The lowest BCUT2D eigenvalue weighted by Gasteiger charge is -2.34. The first-order valence-corrected chi connectivity index (χ1v) is 7.13. The van der Waals surface area contributed by atoms with E-state index in [4.69, 9.17) is 0 Å². The van der Waals surface area contributed by atoms with Crippen molar-refractivity contribution in [3.8, 4) is 0 Å². The predicted molar refractivity (Wildman–Crippen MR) is 65.1 cm³/mol. The Morgan fingerprint density at radius 1 is 1.18 bits per heavy atom. The van der Waals surface area contributed by atoms with Crippen LogP contribution in [0.4, 0.5) is 0 Å². The molecule has 1 heterocycles. The van der Waals surface area contributed by atoms with Gasteiger partial charge in [-0.25, -0.2) is 8.42 Å². The molecule has 1 aliphatic heterocycles. The molecule has 1 fully saturated rings. The van der Waals surface area contributed by atoms with Gasteiger partial charge in [-0.15, -0.1) is 0 Å². The molecule has 1 aliphatic rings. The average Bonchev–Trinajstić information content (AvgIpc) is 2.29. The van der Waals surface area contributed by atoms with Gasteiger partial charge in [0.1, 0.15) is 0 Å². The minimum absolute atomic E-state index is 0.321. The third-order valence-electron chi connectivity index (χ3n) is 3.18. The molecule has 1 aromatic rings. The molecule has 0 aromatic heterocycles. The van der Waals surface area contributed by atoms with Gasteiger partial charge in [0.05, 0.1) is 10.5 Å². The highest BCUT2D eigenvalue weighted by molar-refractivity contribution is 7.89. The van der Waals surface area contributed by atoms with E-state index in [1.165, 1.54) is 4.31 Å². The van der Waals surface area contributed by atoms with Crippen molar-refractivity contribution < 1.29 is 13.5 Å². The third kappa shape index (κ3) is 2.68. The molecule has 17 heavy (non-hydrogen) atoms. The number of rotatable bonds is 2. The summed E-state index contributed by atoms with van der Waals surface area (Å²) in [5.74, 6) is 0. The molecular weight excluding hydrogens is 238 g/mol. The van der Waals surface area contributed by atoms with Gasteiger partial charge < -0.3 is 5.11 Å². The van der Waals surface area contributed by atoms with Gasteiger partial charge in [0.15, 0.2) is 0 Å². The van der Waals surface area contributed by atoms with Crippen LogP contribution in [-0.2, 0) is 10.0 Å². The Morgan fingerprint density at radius 3 is 2.24 bits per heavy atom. The lowest BCUT2D eigenvalue weighted by molar-refractivity contribution is 0.0126. The van der Waals surface area contributed by atoms with Crippen LogP contribution in [0.5, 0.6) is 0 Å². The molecule has 0 radical (unpaired) electrons. The summed E-state index contributed by atoms with van der Waals surface area (Å²) in [7, 11) is -3.39. The van der Waals surface area contributed by atoms with Crippen molar-refractivity contribution in [2.45, 2.75) is 30.3 Å². The molecule has 4 nitrogen and oxygen atoms in total. The van der Waals surface area contributed by atoms with Crippen molar-refractivity contribution in [2.75, 3.05) is 13.1 Å². The van der Waals surface area contributed by atoms with Crippen molar-refractivity contribution in [1.82, 2.24) is 4.31 Å². The van der Waals surface area contributed by atoms with E-state index in [1.807, 2.05) is 0 Å². The summed E-state index contributed by atoms with van der Waals surface area (Å²) in [6, 6.07) is 8.42. The van der Waals surface area contributed by atoms with Gasteiger partial charge in [-0.1, -0.05) is 18.2 Å². The molecule has 0 amide bonds. The number of benzene rings is 1.